The first-order valence-electron chi connectivity index (χ1n) is 5.03. The Morgan fingerprint density at radius 1 is 1.00 bits per heavy atom. The van der Waals surface area contributed by atoms with Crippen LogP contribution in [0.5, 0.6) is 0 Å². The van der Waals surface area contributed by atoms with Crippen LogP contribution in [0.4, 0.5) is 0 Å². The number of pyridine rings is 2. The van der Waals surface area contributed by atoms with Gasteiger partial charge in [-0.15, -0.1) is 6.07 Å². The average molecular weight is 293 g/mol. The van der Waals surface area contributed by atoms with E-state index in [1.54, 1.807) is 12.4 Å². The molecule has 0 fully saturated rings. The molecule has 2 heterocycles. The molecule has 1 aromatic carbocycles. The minimum Gasteiger partial charge on any atom is -0.351 e. The molecule has 0 aliphatic rings. The van der Waals surface area contributed by atoms with Gasteiger partial charge >= 0.3 is 0 Å². The van der Waals surface area contributed by atoms with Gasteiger partial charge in [-0.2, -0.15) is 17.8 Å². The minimum atomic E-state index is 0. The van der Waals surface area contributed by atoms with Gasteiger partial charge < -0.3 is 4.98 Å². The molecular weight excluding hydrogens is 285 g/mol. The molecule has 1 radical (unpaired) electrons. The Labute approximate surface area is 125 Å². The number of nitrogens with zero attached hydrogens (tertiary/aromatic N) is 2. The fraction of sp³-hybridized carbons (Fsp3) is 0. The monoisotopic (exact) mass is 293 g/mol. The smallest absolute Gasteiger partial charge is 0 e. The van der Waals surface area contributed by atoms with Crippen molar-refractivity contribution in [3.05, 3.63) is 60.9 Å². The van der Waals surface area contributed by atoms with Gasteiger partial charge in [0.05, 0.1) is 0 Å². The van der Waals surface area contributed by atoms with Crippen molar-refractivity contribution in [2.45, 2.75) is 0 Å². The molecule has 3 rings (SSSR count). The van der Waals surface area contributed by atoms with E-state index in [4.69, 9.17) is 0 Å². The van der Waals surface area contributed by atoms with Gasteiger partial charge in [-0.05, 0) is 24.0 Å². The summed E-state index contributed by atoms with van der Waals surface area (Å²) in [5.74, 6) is 0. The van der Waals surface area contributed by atoms with E-state index in [1.165, 1.54) is 0 Å². The molecule has 0 saturated heterocycles. The maximum absolute atomic E-state index is 4.53. The van der Waals surface area contributed by atoms with Crippen LogP contribution >= 0.6 is 0 Å². The van der Waals surface area contributed by atoms with Crippen molar-refractivity contribution in [2.24, 2.45) is 0 Å². The molecule has 2 aromatic heterocycles. The van der Waals surface area contributed by atoms with Crippen molar-refractivity contribution in [3.63, 3.8) is 0 Å². The summed E-state index contributed by atoms with van der Waals surface area (Å²) in [6.45, 7) is 0. The van der Waals surface area contributed by atoms with E-state index >= 15 is 0 Å². The summed E-state index contributed by atoms with van der Waals surface area (Å²) in [6, 6.07) is 18.0. The van der Waals surface area contributed by atoms with Crippen molar-refractivity contribution in [2.75, 3.05) is 0 Å². The number of aromatic nitrogens is 2. The molecule has 0 bridgehead atoms. The zero-order valence-corrected chi connectivity index (χ0v) is 11.9. The van der Waals surface area contributed by atoms with Crippen LogP contribution in [0.25, 0.3) is 22.2 Å². The number of rotatable bonds is 1. The molecule has 0 aliphatic heterocycles. The van der Waals surface area contributed by atoms with Crippen LogP contribution in [0.3, 0.4) is 0 Å². The molecule has 79 valence electrons. The zero-order valence-electron chi connectivity index (χ0n) is 9.09. The van der Waals surface area contributed by atoms with E-state index < -0.39 is 0 Å². The van der Waals surface area contributed by atoms with Gasteiger partial charge in [0.25, 0.3) is 0 Å². The zero-order chi connectivity index (χ0) is 10.8. The first-order chi connectivity index (χ1) is 7.93. The number of benzene rings is 1. The van der Waals surface area contributed by atoms with E-state index in [0.717, 1.165) is 22.2 Å². The van der Waals surface area contributed by atoms with E-state index in [2.05, 4.69) is 22.1 Å². The van der Waals surface area contributed by atoms with Crippen LogP contribution in [0.1, 0.15) is 0 Å². The molecule has 17 heavy (non-hydrogen) atoms. The second-order valence-electron chi connectivity index (χ2n) is 3.46. The van der Waals surface area contributed by atoms with E-state index in [9.17, 15) is 0 Å². The summed E-state index contributed by atoms with van der Waals surface area (Å²) in [7, 11) is 0. The first kappa shape index (κ1) is 12.3. The van der Waals surface area contributed by atoms with Crippen molar-refractivity contribution in [1.82, 2.24) is 9.97 Å². The van der Waals surface area contributed by atoms with Crippen molar-refractivity contribution < 1.29 is 32.7 Å². The summed E-state index contributed by atoms with van der Waals surface area (Å²) < 4.78 is 0. The Morgan fingerprint density at radius 3 is 2.71 bits per heavy atom. The summed E-state index contributed by atoms with van der Waals surface area (Å²) in [4.78, 5) is 8.47. The molecule has 0 N–H and O–H groups in total. The SMILES string of the molecule is [Y].[c-]1cnccc1-c1[c-]cc2ccccc2n1. The maximum Gasteiger partial charge on any atom is 0 e. The predicted molar refractivity (Wildman–Crippen MR) is 62.6 cm³/mol. The van der Waals surface area contributed by atoms with Gasteiger partial charge in [0, 0.05) is 32.7 Å². The third-order valence-electron chi connectivity index (χ3n) is 2.41. The van der Waals surface area contributed by atoms with Gasteiger partial charge in [-0.25, -0.2) is 12.1 Å². The Hall–Kier alpha value is -1.12. The van der Waals surface area contributed by atoms with E-state index in [-0.39, 0.29) is 32.7 Å². The predicted octanol–water partition coefficient (Wildman–Crippen LogP) is 2.89. The second-order valence-corrected chi connectivity index (χ2v) is 3.46. The minimum absolute atomic E-state index is 0. The average Bonchev–Trinajstić information content (AvgIpc) is 2.39. The molecule has 0 atom stereocenters. The quantitative estimate of drug-likeness (QED) is 0.645. The topological polar surface area (TPSA) is 25.8 Å². The number of fused-ring (bicyclic) bond motifs is 1. The summed E-state index contributed by atoms with van der Waals surface area (Å²) in [5, 5.41) is 1.10. The molecule has 3 heteroatoms. The third-order valence-corrected chi connectivity index (χ3v) is 2.41. The number of hydrogen-bond donors (Lipinski definition) is 0. The van der Waals surface area contributed by atoms with Gasteiger partial charge in [-0.1, -0.05) is 17.5 Å². The molecule has 0 unspecified atom stereocenters. The Morgan fingerprint density at radius 2 is 1.88 bits per heavy atom. The molecule has 0 amide bonds. The summed E-state index contributed by atoms with van der Waals surface area (Å²) in [5.41, 5.74) is 2.70. The third kappa shape index (κ3) is 2.59. The van der Waals surface area contributed by atoms with Crippen molar-refractivity contribution in [1.29, 1.82) is 0 Å². The van der Waals surface area contributed by atoms with Crippen LogP contribution in [-0.4, -0.2) is 9.97 Å². The van der Waals surface area contributed by atoms with Crippen LogP contribution < -0.4 is 0 Å². The van der Waals surface area contributed by atoms with Crippen LogP contribution in [0, 0.1) is 12.1 Å². The second kappa shape index (κ2) is 5.48. The molecule has 3 aromatic rings. The Balaban J connectivity index is 0.00000108. The van der Waals surface area contributed by atoms with Crippen molar-refractivity contribution in [3.8, 4) is 11.3 Å². The molecule has 0 aliphatic carbocycles. The van der Waals surface area contributed by atoms with E-state index in [0.29, 0.717) is 0 Å². The summed E-state index contributed by atoms with van der Waals surface area (Å²) >= 11 is 0. The number of para-hydroxylation sites is 1. The maximum atomic E-state index is 4.53. The van der Waals surface area contributed by atoms with Gasteiger partial charge in [-0.3, -0.25) is 10.5 Å². The number of hydrogen-bond acceptors (Lipinski definition) is 2. The van der Waals surface area contributed by atoms with Gasteiger partial charge in [0.2, 0.25) is 0 Å². The molecule has 0 saturated carbocycles. The standard InChI is InChI=1S/C14H8N2.Y/c1-2-4-13-11(3-1)5-6-14(16-13)12-7-9-15-10-8-12;/h1-5,7,9-10H;/q-2;. The van der Waals surface area contributed by atoms with Gasteiger partial charge in [0.1, 0.15) is 0 Å². The van der Waals surface area contributed by atoms with Crippen LogP contribution in [0.15, 0.2) is 48.8 Å². The largest absolute Gasteiger partial charge is 0.351 e. The Bertz CT molecular complexity index is 623. The molecule has 0 spiro atoms. The summed E-state index contributed by atoms with van der Waals surface area (Å²) in [6.07, 6.45) is 3.37. The van der Waals surface area contributed by atoms with Crippen molar-refractivity contribution >= 4 is 10.9 Å². The molecular formula is C14H8N2Y-2. The van der Waals surface area contributed by atoms with E-state index in [1.807, 2.05) is 36.4 Å². The molecule has 2 nitrogen and oxygen atoms in total. The van der Waals surface area contributed by atoms with Crippen LogP contribution in [-0.2, 0) is 32.7 Å². The van der Waals surface area contributed by atoms with Gasteiger partial charge in [0.15, 0.2) is 0 Å². The fourth-order valence-electron chi connectivity index (χ4n) is 1.61. The normalized spacial score (nSPS) is 9.88. The Kier molecular flexibility index (Phi) is 3.98. The fourth-order valence-corrected chi connectivity index (χ4v) is 1.61. The first-order valence-corrected chi connectivity index (χ1v) is 5.03. The van der Waals surface area contributed by atoms with Crippen LogP contribution in [0.2, 0.25) is 0 Å².